The smallest absolute Gasteiger partial charge is 0.136 e. The molecule has 0 saturated heterocycles. The summed E-state index contributed by atoms with van der Waals surface area (Å²) in [5, 5.41) is 0. The highest BCUT2D eigenvalue weighted by Gasteiger charge is 2.75. The molecule has 0 aromatic heterocycles. The Hall–Kier alpha value is -0.330. The lowest BCUT2D eigenvalue weighted by molar-refractivity contribution is -0.119. The lowest BCUT2D eigenvalue weighted by Crippen LogP contribution is -2.27. The van der Waals surface area contributed by atoms with Crippen molar-refractivity contribution < 1.29 is 4.79 Å². The quantitative estimate of drug-likeness (QED) is 0.643. The number of ketones is 1. The molecular weight excluding hydrogens is 184 g/mol. The Kier molecular flexibility index (Phi) is 1.88. The lowest BCUT2D eigenvalue weighted by Gasteiger charge is -2.35. The molecule has 3 rings (SSSR count). The van der Waals surface area contributed by atoms with Gasteiger partial charge < -0.3 is 0 Å². The van der Waals surface area contributed by atoms with Crippen LogP contribution in [0.4, 0.5) is 0 Å². The average molecular weight is 206 g/mol. The van der Waals surface area contributed by atoms with E-state index < -0.39 is 0 Å². The number of Topliss-reactive ketones (excluding diaryl/α,β-unsaturated/α-hetero) is 1. The van der Waals surface area contributed by atoms with E-state index in [1.807, 2.05) is 0 Å². The predicted octanol–water partition coefficient (Wildman–Crippen LogP) is 3.28. The lowest BCUT2D eigenvalue weighted by atomic mass is 9.70. The molecule has 0 radical (unpaired) electrons. The summed E-state index contributed by atoms with van der Waals surface area (Å²) in [5.41, 5.74) is 0.490. The van der Waals surface area contributed by atoms with Crippen LogP contribution in [0.5, 0.6) is 0 Å². The predicted molar refractivity (Wildman–Crippen MR) is 60.4 cm³/mol. The first-order chi connectivity index (χ1) is 7.09. The van der Waals surface area contributed by atoms with E-state index in [-0.39, 0.29) is 0 Å². The van der Waals surface area contributed by atoms with E-state index in [4.69, 9.17) is 0 Å². The number of fused-ring (bicyclic) bond motifs is 1. The Morgan fingerprint density at radius 3 is 2.73 bits per heavy atom. The van der Waals surface area contributed by atoms with Gasteiger partial charge in [-0.25, -0.2) is 0 Å². The Labute approximate surface area is 92.6 Å². The molecule has 0 aliphatic heterocycles. The summed E-state index contributed by atoms with van der Waals surface area (Å²) in [6.45, 7) is 7.07. The third-order valence-electron chi connectivity index (χ3n) is 5.77. The van der Waals surface area contributed by atoms with Crippen LogP contribution in [0.3, 0.4) is 0 Å². The molecule has 0 amide bonds. The van der Waals surface area contributed by atoms with Crippen molar-refractivity contribution in [2.24, 2.45) is 35.0 Å². The molecule has 0 heterocycles. The summed E-state index contributed by atoms with van der Waals surface area (Å²) in [6, 6.07) is 0. The summed E-state index contributed by atoms with van der Waals surface area (Å²) in [7, 11) is 0. The normalized spacial score (nSPS) is 52.9. The van der Waals surface area contributed by atoms with E-state index in [2.05, 4.69) is 20.8 Å². The molecule has 0 bridgehead atoms. The fourth-order valence-corrected chi connectivity index (χ4v) is 4.97. The van der Waals surface area contributed by atoms with Crippen LogP contribution < -0.4 is 0 Å². The third-order valence-corrected chi connectivity index (χ3v) is 5.77. The number of carbonyl (C=O) groups is 1. The van der Waals surface area contributed by atoms with Crippen LogP contribution in [0.2, 0.25) is 0 Å². The third kappa shape index (κ3) is 1.02. The summed E-state index contributed by atoms with van der Waals surface area (Å²) < 4.78 is 0. The maximum atomic E-state index is 11.9. The molecule has 1 nitrogen and oxygen atoms in total. The van der Waals surface area contributed by atoms with Crippen molar-refractivity contribution in [1.29, 1.82) is 0 Å². The Morgan fingerprint density at radius 1 is 1.33 bits per heavy atom. The van der Waals surface area contributed by atoms with Crippen molar-refractivity contribution >= 4 is 5.78 Å². The highest BCUT2D eigenvalue weighted by Crippen LogP contribution is 2.76. The Morgan fingerprint density at radius 2 is 2.07 bits per heavy atom. The van der Waals surface area contributed by atoms with Gasteiger partial charge in [-0.15, -0.1) is 0 Å². The maximum absolute atomic E-state index is 11.9. The largest absolute Gasteiger partial charge is 0.299 e. The fourth-order valence-electron chi connectivity index (χ4n) is 4.97. The van der Waals surface area contributed by atoms with E-state index in [1.165, 1.54) is 19.3 Å². The number of hydrogen-bond acceptors (Lipinski definition) is 1. The SMILES string of the molecule is CC(C)[C@@H]1CC[C@@H](C)[C@@]23CCC(=O)C2[C@@H]13. The maximum Gasteiger partial charge on any atom is 0.136 e. The van der Waals surface area contributed by atoms with Gasteiger partial charge in [0, 0.05) is 12.3 Å². The van der Waals surface area contributed by atoms with Crippen molar-refractivity contribution in [2.75, 3.05) is 0 Å². The van der Waals surface area contributed by atoms with E-state index >= 15 is 0 Å². The summed E-state index contributed by atoms with van der Waals surface area (Å²) in [6.07, 6.45) is 4.83. The number of rotatable bonds is 1. The van der Waals surface area contributed by atoms with Gasteiger partial charge in [-0.1, -0.05) is 20.8 Å². The molecule has 5 atom stereocenters. The van der Waals surface area contributed by atoms with Gasteiger partial charge in [0.1, 0.15) is 5.78 Å². The molecule has 0 aromatic carbocycles. The van der Waals surface area contributed by atoms with Gasteiger partial charge in [0.2, 0.25) is 0 Å². The second kappa shape index (κ2) is 2.87. The zero-order valence-corrected chi connectivity index (χ0v) is 10.1. The topological polar surface area (TPSA) is 17.1 Å². The van der Waals surface area contributed by atoms with Gasteiger partial charge in [-0.2, -0.15) is 0 Å². The first kappa shape index (κ1) is 9.86. The molecule has 3 saturated carbocycles. The number of carbonyl (C=O) groups excluding carboxylic acids is 1. The minimum Gasteiger partial charge on any atom is -0.299 e. The van der Waals surface area contributed by atoms with Crippen LogP contribution in [0.1, 0.15) is 46.5 Å². The zero-order chi connectivity index (χ0) is 10.8. The first-order valence-corrected chi connectivity index (χ1v) is 6.61. The van der Waals surface area contributed by atoms with Crippen molar-refractivity contribution in [1.82, 2.24) is 0 Å². The zero-order valence-electron chi connectivity index (χ0n) is 10.1. The second-order valence-electron chi connectivity index (χ2n) is 6.47. The highest BCUT2D eigenvalue weighted by atomic mass is 16.1. The standard InChI is InChI=1S/C14H22O/c1-8(2)10-5-4-9(3)14-7-6-11(15)13(14)12(10)14/h8-10,12-13H,4-7H2,1-3H3/t9-,10+,12-,13?,14-/m1/s1. The van der Waals surface area contributed by atoms with Crippen molar-refractivity contribution in [3.63, 3.8) is 0 Å². The number of hydrogen-bond donors (Lipinski definition) is 0. The van der Waals surface area contributed by atoms with Crippen LogP contribution in [0.25, 0.3) is 0 Å². The highest BCUT2D eigenvalue weighted by molar-refractivity contribution is 5.88. The summed E-state index contributed by atoms with van der Waals surface area (Å²) in [4.78, 5) is 11.9. The van der Waals surface area contributed by atoms with E-state index in [0.29, 0.717) is 17.1 Å². The minimum absolute atomic E-state index is 0.488. The molecule has 0 aromatic rings. The monoisotopic (exact) mass is 206 g/mol. The average Bonchev–Trinajstić information content (AvgIpc) is 2.75. The van der Waals surface area contributed by atoms with Gasteiger partial charge in [-0.3, -0.25) is 4.79 Å². The molecular formula is C14H22O. The van der Waals surface area contributed by atoms with Gasteiger partial charge in [0.05, 0.1) is 0 Å². The van der Waals surface area contributed by atoms with E-state index in [9.17, 15) is 4.79 Å². The van der Waals surface area contributed by atoms with Crippen LogP contribution >= 0.6 is 0 Å². The fraction of sp³-hybridized carbons (Fsp3) is 0.929. The van der Waals surface area contributed by atoms with Crippen LogP contribution in [-0.2, 0) is 4.79 Å². The van der Waals surface area contributed by atoms with Crippen LogP contribution in [0, 0.1) is 35.0 Å². The minimum atomic E-state index is 0.488. The van der Waals surface area contributed by atoms with E-state index in [0.717, 1.165) is 30.1 Å². The van der Waals surface area contributed by atoms with Gasteiger partial charge in [-0.05, 0) is 48.3 Å². The second-order valence-corrected chi connectivity index (χ2v) is 6.47. The molecule has 0 N–H and O–H groups in total. The van der Waals surface area contributed by atoms with Crippen molar-refractivity contribution in [3.8, 4) is 0 Å². The molecule has 3 aliphatic rings. The van der Waals surface area contributed by atoms with Crippen molar-refractivity contribution in [2.45, 2.75) is 46.5 Å². The molecule has 1 unspecified atom stereocenters. The molecule has 1 heteroatoms. The van der Waals surface area contributed by atoms with E-state index in [1.54, 1.807) is 0 Å². The van der Waals surface area contributed by atoms with Crippen LogP contribution in [-0.4, -0.2) is 5.78 Å². The molecule has 3 aliphatic carbocycles. The van der Waals surface area contributed by atoms with Crippen LogP contribution in [0.15, 0.2) is 0 Å². The molecule has 3 fully saturated rings. The van der Waals surface area contributed by atoms with Gasteiger partial charge in [0.25, 0.3) is 0 Å². The summed E-state index contributed by atoms with van der Waals surface area (Å²) in [5.74, 6) is 4.30. The molecule has 1 spiro atoms. The molecule has 15 heavy (non-hydrogen) atoms. The Balaban J connectivity index is 1.91. The van der Waals surface area contributed by atoms with Gasteiger partial charge >= 0.3 is 0 Å². The first-order valence-electron chi connectivity index (χ1n) is 6.61. The van der Waals surface area contributed by atoms with Gasteiger partial charge in [0.15, 0.2) is 0 Å². The summed E-state index contributed by atoms with van der Waals surface area (Å²) >= 11 is 0. The van der Waals surface area contributed by atoms with Crippen molar-refractivity contribution in [3.05, 3.63) is 0 Å². The molecule has 84 valence electrons. The Bertz CT molecular complexity index is 306.